The fourth-order valence-corrected chi connectivity index (χ4v) is 5.71. The van der Waals surface area contributed by atoms with Gasteiger partial charge in [0.25, 0.3) is 0 Å². The van der Waals surface area contributed by atoms with Crippen LogP contribution in [0.2, 0.25) is 0 Å². The molecule has 226 valence electrons. The summed E-state index contributed by atoms with van der Waals surface area (Å²) in [4.78, 5) is 0. The molecule has 0 heterocycles. The molecule has 1 aliphatic carbocycles. The Bertz CT molecular complexity index is 465. The Morgan fingerprint density at radius 2 is 1.43 bits per heavy atom. The first kappa shape index (κ1) is 41.2. The molecule has 0 amide bonds. The summed E-state index contributed by atoms with van der Waals surface area (Å²) in [6.45, 7) is 33.9. The van der Waals surface area contributed by atoms with Crippen LogP contribution in [0.1, 0.15) is 181 Å². The van der Waals surface area contributed by atoms with Crippen LogP contribution in [-0.4, -0.2) is 0 Å². The van der Waals surface area contributed by atoms with Gasteiger partial charge in [-0.15, -0.1) is 0 Å². The summed E-state index contributed by atoms with van der Waals surface area (Å²) in [5, 5.41) is 0. The first-order valence-corrected chi connectivity index (χ1v) is 17.1. The van der Waals surface area contributed by atoms with Crippen molar-refractivity contribution in [1.29, 1.82) is 0 Å². The van der Waals surface area contributed by atoms with Crippen molar-refractivity contribution in [3.8, 4) is 0 Å². The molecule has 1 saturated carbocycles. The highest BCUT2D eigenvalue weighted by atomic mass is 14.3. The van der Waals surface area contributed by atoms with Crippen LogP contribution in [-0.2, 0) is 0 Å². The standard InChI is InChI=1S/C18H38.C15H28.2C2H6/c1-8-10-17(15(2)3)12-9-11-16(4)13-14-18(5,6)7;1-5-8-14(12(3)6-2)11-15-10-7-9-13(15)4;2*1-2/h15-17H,8-14H2,1-7H3;5,8,12-15H,6-7,9-11H2,1-4H3;2*1-2H3/b;8-5-;;. The van der Waals surface area contributed by atoms with Crippen LogP contribution in [0.25, 0.3) is 0 Å². The smallest absolute Gasteiger partial charge is 0.0205 e. The number of allylic oxidation sites excluding steroid dienone is 2. The van der Waals surface area contributed by atoms with Gasteiger partial charge in [0, 0.05) is 0 Å². The van der Waals surface area contributed by atoms with E-state index in [2.05, 4.69) is 88.3 Å². The Morgan fingerprint density at radius 3 is 1.84 bits per heavy atom. The van der Waals surface area contributed by atoms with Gasteiger partial charge in [-0.05, 0) is 66.6 Å². The molecule has 0 aliphatic heterocycles. The SMILES string of the molecule is C/C=C\C(CC1CCCC1C)C(C)CC.CC.CC.CCCC(CCCC(C)CCC(C)(C)C)C(C)C. The van der Waals surface area contributed by atoms with Crippen molar-refractivity contribution in [3.05, 3.63) is 12.2 Å². The summed E-state index contributed by atoms with van der Waals surface area (Å²) in [5.41, 5.74) is 0.511. The quantitative estimate of drug-likeness (QED) is 0.199. The average molecular weight is 523 g/mol. The van der Waals surface area contributed by atoms with Crippen LogP contribution in [0.4, 0.5) is 0 Å². The van der Waals surface area contributed by atoms with Gasteiger partial charge in [-0.3, -0.25) is 0 Å². The molecule has 0 saturated heterocycles. The molecule has 0 aromatic carbocycles. The van der Waals surface area contributed by atoms with E-state index in [-0.39, 0.29) is 0 Å². The number of hydrogen-bond acceptors (Lipinski definition) is 0. The molecular weight excluding hydrogens is 444 g/mol. The van der Waals surface area contributed by atoms with E-state index in [1.807, 2.05) is 27.7 Å². The number of rotatable bonds is 14. The van der Waals surface area contributed by atoms with Gasteiger partial charge in [0.05, 0.1) is 0 Å². The van der Waals surface area contributed by atoms with Crippen LogP contribution in [0.3, 0.4) is 0 Å². The van der Waals surface area contributed by atoms with Gasteiger partial charge < -0.3 is 0 Å². The van der Waals surface area contributed by atoms with Crippen LogP contribution < -0.4 is 0 Å². The van der Waals surface area contributed by atoms with Crippen LogP contribution in [0.5, 0.6) is 0 Å². The van der Waals surface area contributed by atoms with E-state index in [4.69, 9.17) is 0 Å². The summed E-state index contributed by atoms with van der Waals surface area (Å²) in [6.07, 6.45) is 21.7. The predicted molar refractivity (Wildman–Crippen MR) is 177 cm³/mol. The van der Waals surface area contributed by atoms with Crippen molar-refractivity contribution in [2.45, 2.75) is 181 Å². The molecule has 1 aliphatic rings. The molecule has 0 heteroatoms. The lowest BCUT2D eigenvalue weighted by molar-refractivity contribution is 0.290. The molecular formula is C37H78. The fourth-order valence-electron chi connectivity index (χ4n) is 5.71. The lowest BCUT2D eigenvalue weighted by Crippen LogP contribution is -2.15. The molecule has 0 N–H and O–H groups in total. The van der Waals surface area contributed by atoms with Crippen molar-refractivity contribution in [2.75, 3.05) is 0 Å². The maximum Gasteiger partial charge on any atom is -0.0205 e. The molecule has 37 heavy (non-hydrogen) atoms. The van der Waals surface area contributed by atoms with Crippen LogP contribution >= 0.6 is 0 Å². The lowest BCUT2D eigenvalue weighted by atomic mass is 9.80. The predicted octanol–water partition coefficient (Wildman–Crippen LogP) is 13.8. The highest BCUT2D eigenvalue weighted by Gasteiger charge is 2.26. The van der Waals surface area contributed by atoms with Gasteiger partial charge in [-0.25, -0.2) is 0 Å². The first-order chi connectivity index (χ1) is 17.4. The van der Waals surface area contributed by atoms with E-state index in [0.717, 1.165) is 41.4 Å². The molecule has 0 bridgehead atoms. The summed E-state index contributed by atoms with van der Waals surface area (Å²) in [5.74, 6) is 6.40. The molecule has 1 rings (SSSR count). The third-order valence-electron chi connectivity index (χ3n) is 8.69. The summed E-state index contributed by atoms with van der Waals surface area (Å²) in [7, 11) is 0. The highest BCUT2D eigenvalue weighted by Crippen LogP contribution is 2.38. The van der Waals surface area contributed by atoms with E-state index >= 15 is 0 Å². The topological polar surface area (TPSA) is 0 Å². The molecule has 0 spiro atoms. The van der Waals surface area contributed by atoms with Crippen LogP contribution in [0.15, 0.2) is 12.2 Å². The minimum absolute atomic E-state index is 0.511. The van der Waals surface area contributed by atoms with E-state index in [0.29, 0.717) is 5.41 Å². The molecule has 6 unspecified atom stereocenters. The zero-order valence-corrected chi connectivity index (χ0v) is 29.2. The lowest BCUT2D eigenvalue weighted by Gasteiger charge is -2.25. The summed E-state index contributed by atoms with van der Waals surface area (Å²) in [6, 6.07) is 0. The summed E-state index contributed by atoms with van der Waals surface area (Å²) < 4.78 is 0. The first-order valence-electron chi connectivity index (χ1n) is 17.1. The number of hydrogen-bond donors (Lipinski definition) is 0. The van der Waals surface area contributed by atoms with E-state index in [1.165, 1.54) is 77.0 Å². The Hall–Kier alpha value is -0.260. The fraction of sp³-hybridized carbons (Fsp3) is 0.946. The van der Waals surface area contributed by atoms with E-state index < -0.39 is 0 Å². The third-order valence-corrected chi connectivity index (χ3v) is 8.69. The molecule has 1 fully saturated rings. The van der Waals surface area contributed by atoms with Gasteiger partial charge in [0.1, 0.15) is 0 Å². The van der Waals surface area contributed by atoms with Crippen LogP contribution in [0, 0.1) is 46.8 Å². The molecule has 0 aromatic heterocycles. The van der Waals surface area contributed by atoms with Crippen molar-refractivity contribution >= 4 is 0 Å². The van der Waals surface area contributed by atoms with Crippen molar-refractivity contribution < 1.29 is 0 Å². The molecule has 0 nitrogen and oxygen atoms in total. The molecule has 6 atom stereocenters. The van der Waals surface area contributed by atoms with E-state index in [9.17, 15) is 0 Å². The molecule has 0 aromatic rings. The normalized spacial score (nSPS) is 20.6. The monoisotopic (exact) mass is 523 g/mol. The largest absolute Gasteiger partial charge is 0.0914 e. The maximum absolute atomic E-state index is 2.45. The average Bonchev–Trinajstić information content (AvgIpc) is 3.28. The Labute approximate surface area is 239 Å². The minimum atomic E-state index is 0.511. The van der Waals surface area contributed by atoms with Crippen molar-refractivity contribution in [2.24, 2.45) is 46.8 Å². The van der Waals surface area contributed by atoms with Gasteiger partial charge in [-0.2, -0.15) is 0 Å². The maximum atomic E-state index is 2.45. The summed E-state index contributed by atoms with van der Waals surface area (Å²) >= 11 is 0. The Kier molecular flexibility index (Phi) is 29.0. The third kappa shape index (κ3) is 23.4. The van der Waals surface area contributed by atoms with Gasteiger partial charge >= 0.3 is 0 Å². The Morgan fingerprint density at radius 1 is 0.838 bits per heavy atom. The molecule has 0 radical (unpaired) electrons. The van der Waals surface area contributed by atoms with E-state index in [1.54, 1.807) is 0 Å². The van der Waals surface area contributed by atoms with Crippen molar-refractivity contribution in [3.63, 3.8) is 0 Å². The van der Waals surface area contributed by atoms with Gasteiger partial charge in [0.15, 0.2) is 0 Å². The van der Waals surface area contributed by atoms with Crippen molar-refractivity contribution in [1.82, 2.24) is 0 Å². The second-order valence-electron chi connectivity index (χ2n) is 13.4. The highest BCUT2D eigenvalue weighted by molar-refractivity contribution is 4.91. The zero-order valence-electron chi connectivity index (χ0n) is 29.2. The van der Waals surface area contributed by atoms with Gasteiger partial charge in [-0.1, -0.05) is 173 Å². The second-order valence-corrected chi connectivity index (χ2v) is 13.4. The van der Waals surface area contributed by atoms with Gasteiger partial charge in [0.2, 0.25) is 0 Å². The second kappa shape index (κ2) is 26.0. The Balaban J connectivity index is -0.000000555. The minimum Gasteiger partial charge on any atom is -0.0914 e. The zero-order chi connectivity index (χ0) is 29.4.